The monoisotopic (exact) mass is 652 g/mol. The lowest BCUT2D eigenvalue weighted by molar-refractivity contribution is 0.0488. The molecule has 250 valence electrons. The number of carbonyl (C=O) groups is 2. The maximum Gasteiger partial charge on any atom is 0.338 e. The summed E-state index contributed by atoms with van der Waals surface area (Å²) in [6.45, 7) is 4.91. The first kappa shape index (κ1) is 34.2. The lowest BCUT2D eigenvalue weighted by Gasteiger charge is -2.06. The van der Waals surface area contributed by atoms with Crippen molar-refractivity contribution in [1.82, 2.24) is 9.13 Å². The first-order chi connectivity index (χ1) is 23.3. The van der Waals surface area contributed by atoms with Crippen molar-refractivity contribution in [2.24, 2.45) is 0 Å². The molecule has 0 aliphatic carbocycles. The van der Waals surface area contributed by atoms with Gasteiger partial charge >= 0.3 is 11.9 Å². The van der Waals surface area contributed by atoms with Crippen molar-refractivity contribution in [2.45, 2.75) is 78.1 Å². The largest absolute Gasteiger partial charge is 0.462 e. The van der Waals surface area contributed by atoms with Gasteiger partial charge in [0.05, 0.1) is 57.3 Å². The molecule has 10 heteroatoms. The van der Waals surface area contributed by atoms with Crippen LogP contribution in [-0.4, -0.2) is 34.3 Å². The molecule has 0 aliphatic heterocycles. The number of unbranched alkanes of at least 4 members (excludes halogenated alkanes) is 8. The molecule has 0 radical (unpaired) electrons. The van der Waals surface area contributed by atoms with Crippen LogP contribution >= 0.6 is 0 Å². The van der Waals surface area contributed by atoms with Gasteiger partial charge in [0.1, 0.15) is 0 Å². The van der Waals surface area contributed by atoms with Gasteiger partial charge in [-0.3, -0.25) is 19.2 Å². The molecule has 5 rings (SSSR count). The summed E-state index contributed by atoms with van der Waals surface area (Å²) in [4.78, 5) is 78.6. The first-order valence-corrected chi connectivity index (χ1v) is 16.8. The summed E-state index contributed by atoms with van der Waals surface area (Å²) in [5, 5.41) is 0.00406. The molecule has 48 heavy (non-hydrogen) atoms. The second kappa shape index (κ2) is 15.6. The maximum atomic E-state index is 13.4. The molecule has 0 saturated carbocycles. The molecule has 0 fully saturated rings. The van der Waals surface area contributed by atoms with Crippen LogP contribution in [0.3, 0.4) is 0 Å². The van der Waals surface area contributed by atoms with E-state index in [0.29, 0.717) is 24.3 Å². The predicted molar refractivity (Wildman–Crippen MR) is 186 cm³/mol. The van der Waals surface area contributed by atoms with Crippen LogP contribution in [0.2, 0.25) is 0 Å². The van der Waals surface area contributed by atoms with Crippen molar-refractivity contribution in [2.75, 3.05) is 13.2 Å². The fourth-order valence-corrected chi connectivity index (χ4v) is 5.84. The molecule has 0 aliphatic rings. The number of carbonyl (C=O) groups excluding carboxylic acids is 2. The minimum absolute atomic E-state index is 0.00102. The summed E-state index contributed by atoms with van der Waals surface area (Å²) >= 11 is 0. The third kappa shape index (κ3) is 7.22. The Morgan fingerprint density at radius 3 is 1.10 bits per heavy atom. The van der Waals surface area contributed by atoms with E-state index in [-0.39, 0.29) is 32.9 Å². The van der Waals surface area contributed by atoms with Crippen LogP contribution in [0, 0.1) is 0 Å². The standard InChI is InChI=1S/C38H40N2O8/c1-3-5-7-9-11-21-47-37(45)25-13-17-27(18-14-25)39-33(41)29-23-31-32(24-30(29)34(39)42)36(44)40(35(31)43)28-19-15-26(16-20-28)38(46)48-22-12-10-8-6-4-2/h13-20,23-24H,3-12,21-22H2,1-2H3. The molecule has 2 aromatic heterocycles. The molecule has 2 heterocycles. The van der Waals surface area contributed by atoms with Crippen LogP contribution in [0.5, 0.6) is 0 Å². The zero-order valence-corrected chi connectivity index (χ0v) is 27.4. The van der Waals surface area contributed by atoms with Gasteiger partial charge in [-0.2, -0.15) is 0 Å². The Balaban J connectivity index is 1.35. The van der Waals surface area contributed by atoms with E-state index >= 15 is 0 Å². The van der Waals surface area contributed by atoms with Crippen LogP contribution < -0.4 is 22.2 Å². The molecule has 0 bridgehead atoms. The molecule has 0 spiro atoms. The average molecular weight is 653 g/mol. The quantitative estimate of drug-likeness (QED) is 0.0917. The summed E-state index contributed by atoms with van der Waals surface area (Å²) in [5.41, 5.74) is -1.51. The number of fused-ring (bicyclic) bond motifs is 2. The Labute approximate surface area is 277 Å². The first-order valence-electron chi connectivity index (χ1n) is 16.8. The molecule has 0 amide bonds. The number of benzene rings is 3. The van der Waals surface area contributed by atoms with Gasteiger partial charge < -0.3 is 9.47 Å². The van der Waals surface area contributed by atoms with Crippen molar-refractivity contribution in [3.8, 4) is 11.4 Å². The minimum atomic E-state index is -0.646. The van der Waals surface area contributed by atoms with E-state index in [4.69, 9.17) is 9.47 Å². The Morgan fingerprint density at radius 1 is 0.479 bits per heavy atom. The average Bonchev–Trinajstić information content (AvgIpc) is 3.50. The third-order valence-electron chi connectivity index (χ3n) is 8.58. The van der Waals surface area contributed by atoms with Crippen molar-refractivity contribution in [1.29, 1.82) is 0 Å². The topological polar surface area (TPSA) is 131 Å². The van der Waals surface area contributed by atoms with Gasteiger partial charge in [-0.1, -0.05) is 65.2 Å². The molecular formula is C38H40N2O8. The number of aromatic nitrogens is 2. The second-order valence-electron chi connectivity index (χ2n) is 12.0. The molecule has 0 atom stereocenters. The summed E-state index contributed by atoms with van der Waals surface area (Å²) in [5.74, 6) is -0.972. The zero-order chi connectivity index (χ0) is 34.2. The van der Waals surface area contributed by atoms with E-state index in [1.165, 1.54) is 60.7 Å². The van der Waals surface area contributed by atoms with E-state index in [9.17, 15) is 28.8 Å². The highest BCUT2D eigenvalue weighted by molar-refractivity contribution is 5.98. The number of esters is 2. The van der Waals surface area contributed by atoms with Crippen LogP contribution in [0.15, 0.2) is 79.8 Å². The normalized spacial score (nSPS) is 11.4. The summed E-state index contributed by atoms with van der Waals surface area (Å²) in [6, 6.07) is 14.5. The van der Waals surface area contributed by atoms with E-state index in [2.05, 4.69) is 13.8 Å². The molecule has 10 nitrogen and oxygen atoms in total. The second-order valence-corrected chi connectivity index (χ2v) is 12.0. The number of hydrogen-bond donors (Lipinski definition) is 0. The molecule has 0 unspecified atom stereocenters. The van der Waals surface area contributed by atoms with E-state index < -0.39 is 34.2 Å². The van der Waals surface area contributed by atoms with Gasteiger partial charge in [0.2, 0.25) is 0 Å². The van der Waals surface area contributed by atoms with Crippen LogP contribution in [0.1, 0.15) is 98.8 Å². The Bertz CT molecular complexity index is 1890. The molecule has 0 N–H and O–H groups in total. The van der Waals surface area contributed by atoms with Crippen molar-refractivity contribution in [3.63, 3.8) is 0 Å². The van der Waals surface area contributed by atoms with E-state index in [1.54, 1.807) is 0 Å². The minimum Gasteiger partial charge on any atom is -0.462 e. The number of ether oxygens (including phenoxy) is 2. The smallest absolute Gasteiger partial charge is 0.338 e. The SMILES string of the molecule is CCCCCCCOC(=O)c1ccc(-n2c(=O)c3cc4c(=O)n(-c5ccc(C(=O)OCCCCCCC)cc5)c(=O)c4cc3c2=O)cc1. The van der Waals surface area contributed by atoms with Gasteiger partial charge in [-0.15, -0.1) is 0 Å². The van der Waals surface area contributed by atoms with Crippen molar-refractivity contribution < 1.29 is 19.1 Å². The molecular weight excluding hydrogens is 612 g/mol. The predicted octanol–water partition coefficient (Wildman–Crippen LogP) is 6.15. The maximum absolute atomic E-state index is 13.4. The number of hydrogen-bond acceptors (Lipinski definition) is 8. The lowest BCUT2D eigenvalue weighted by atomic mass is 10.1. The van der Waals surface area contributed by atoms with Gasteiger partial charge in [0.25, 0.3) is 22.2 Å². The van der Waals surface area contributed by atoms with E-state index in [1.807, 2.05) is 0 Å². The van der Waals surface area contributed by atoms with Crippen LogP contribution in [-0.2, 0) is 9.47 Å². The van der Waals surface area contributed by atoms with Crippen LogP contribution in [0.4, 0.5) is 0 Å². The van der Waals surface area contributed by atoms with Gasteiger partial charge in [-0.05, 0) is 73.5 Å². The summed E-state index contributed by atoms with van der Waals surface area (Å²) < 4.78 is 12.6. The highest BCUT2D eigenvalue weighted by Gasteiger charge is 2.21. The Hall–Kier alpha value is -5.12. The zero-order valence-electron chi connectivity index (χ0n) is 27.4. The molecule has 0 saturated heterocycles. The third-order valence-corrected chi connectivity index (χ3v) is 8.58. The van der Waals surface area contributed by atoms with Crippen molar-refractivity contribution >= 4 is 33.5 Å². The van der Waals surface area contributed by atoms with Crippen LogP contribution in [0.25, 0.3) is 32.9 Å². The highest BCUT2D eigenvalue weighted by atomic mass is 16.5. The fraction of sp³-hybridized carbons (Fsp3) is 0.368. The molecule has 5 aromatic rings. The molecule has 3 aromatic carbocycles. The summed E-state index contributed by atoms with van der Waals surface area (Å²) in [6.07, 6.45) is 10.3. The lowest BCUT2D eigenvalue weighted by Crippen LogP contribution is -2.24. The fourth-order valence-electron chi connectivity index (χ4n) is 5.84. The Kier molecular flexibility index (Phi) is 11.2. The van der Waals surface area contributed by atoms with Gasteiger partial charge in [0, 0.05) is 0 Å². The van der Waals surface area contributed by atoms with E-state index in [0.717, 1.165) is 73.3 Å². The van der Waals surface area contributed by atoms with Gasteiger partial charge in [0.15, 0.2) is 0 Å². The Morgan fingerprint density at radius 2 is 0.792 bits per heavy atom. The highest BCUT2D eigenvalue weighted by Crippen LogP contribution is 2.18. The van der Waals surface area contributed by atoms with Gasteiger partial charge in [-0.25, -0.2) is 18.7 Å². The summed E-state index contributed by atoms with van der Waals surface area (Å²) in [7, 11) is 0. The van der Waals surface area contributed by atoms with Crippen molar-refractivity contribution in [3.05, 3.63) is 113 Å². The number of nitrogens with zero attached hydrogens (tertiary/aromatic N) is 2. The number of rotatable bonds is 16.